The largest absolute Gasteiger partial charge is 0.312 e. The molecule has 0 saturated heterocycles. The molecule has 1 aromatic carbocycles. The van der Waals surface area contributed by atoms with E-state index in [2.05, 4.69) is 54.6 Å². The molecule has 0 bridgehead atoms. The van der Waals surface area contributed by atoms with Crippen molar-refractivity contribution in [3.05, 3.63) is 65.0 Å². The van der Waals surface area contributed by atoms with Crippen LogP contribution in [0.3, 0.4) is 0 Å². The van der Waals surface area contributed by atoms with E-state index in [4.69, 9.17) is 0 Å². The summed E-state index contributed by atoms with van der Waals surface area (Å²) >= 11 is 0. The molecule has 0 amide bonds. The lowest BCUT2D eigenvalue weighted by atomic mass is 9.87. The summed E-state index contributed by atoms with van der Waals surface area (Å²) in [7, 11) is 2.05. The SMILES string of the molecule is CNC(c1cnccc1C)C1CCc2ccccc21. The smallest absolute Gasteiger partial charge is 0.0405 e. The van der Waals surface area contributed by atoms with Crippen LogP contribution < -0.4 is 5.32 Å². The first-order chi connectivity index (χ1) is 9.31. The lowest BCUT2D eigenvalue weighted by Gasteiger charge is -2.25. The van der Waals surface area contributed by atoms with Crippen molar-refractivity contribution in [1.82, 2.24) is 10.3 Å². The quantitative estimate of drug-likeness (QED) is 0.906. The third-order valence-corrected chi connectivity index (χ3v) is 4.31. The lowest BCUT2D eigenvalue weighted by molar-refractivity contribution is 0.474. The third kappa shape index (κ3) is 2.17. The molecule has 2 unspecified atom stereocenters. The molecular weight excluding hydrogens is 232 g/mol. The summed E-state index contributed by atoms with van der Waals surface area (Å²) in [6.45, 7) is 2.17. The van der Waals surface area contributed by atoms with Gasteiger partial charge in [-0.1, -0.05) is 24.3 Å². The molecule has 1 N–H and O–H groups in total. The second-order valence-corrected chi connectivity index (χ2v) is 5.34. The van der Waals surface area contributed by atoms with Crippen LogP contribution in [0, 0.1) is 6.92 Å². The van der Waals surface area contributed by atoms with Gasteiger partial charge in [0.15, 0.2) is 0 Å². The number of hydrogen-bond donors (Lipinski definition) is 1. The van der Waals surface area contributed by atoms with Crippen LogP contribution >= 0.6 is 0 Å². The minimum atomic E-state index is 0.359. The molecule has 0 fully saturated rings. The van der Waals surface area contributed by atoms with Gasteiger partial charge in [0.25, 0.3) is 0 Å². The monoisotopic (exact) mass is 252 g/mol. The zero-order chi connectivity index (χ0) is 13.2. The van der Waals surface area contributed by atoms with E-state index >= 15 is 0 Å². The Kier molecular flexibility index (Phi) is 3.34. The Morgan fingerprint density at radius 2 is 2.11 bits per heavy atom. The molecule has 2 aromatic rings. The van der Waals surface area contributed by atoms with Crippen molar-refractivity contribution in [3.63, 3.8) is 0 Å². The molecule has 3 rings (SSSR count). The van der Waals surface area contributed by atoms with Crippen molar-refractivity contribution in [2.45, 2.75) is 31.7 Å². The van der Waals surface area contributed by atoms with E-state index in [1.807, 2.05) is 12.4 Å². The Morgan fingerprint density at radius 1 is 1.26 bits per heavy atom. The third-order valence-electron chi connectivity index (χ3n) is 4.31. The maximum absolute atomic E-state index is 4.30. The second-order valence-electron chi connectivity index (χ2n) is 5.34. The highest BCUT2D eigenvalue weighted by atomic mass is 14.9. The molecule has 0 saturated carbocycles. The van der Waals surface area contributed by atoms with E-state index in [0.29, 0.717) is 12.0 Å². The lowest BCUT2D eigenvalue weighted by Crippen LogP contribution is -2.23. The fraction of sp³-hybridized carbons (Fsp3) is 0.353. The molecule has 1 aliphatic carbocycles. The van der Waals surface area contributed by atoms with Crippen molar-refractivity contribution in [2.75, 3.05) is 7.05 Å². The Hall–Kier alpha value is -1.67. The zero-order valence-corrected chi connectivity index (χ0v) is 11.6. The van der Waals surface area contributed by atoms with Gasteiger partial charge < -0.3 is 5.32 Å². The topological polar surface area (TPSA) is 24.9 Å². The summed E-state index contributed by atoms with van der Waals surface area (Å²) < 4.78 is 0. The first kappa shape index (κ1) is 12.4. The number of nitrogens with one attached hydrogen (secondary N) is 1. The van der Waals surface area contributed by atoms with Crippen LogP contribution in [-0.2, 0) is 6.42 Å². The first-order valence-electron chi connectivity index (χ1n) is 6.97. The van der Waals surface area contributed by atoms with Gasteiger partial charge in [-0.15, -0.1) is 0 Å². The summed E-state index contributed by atoms with van der Waals surface area (Å²) in [6.07, 6.45) is 6.29. The summed E-state index contributed by atoms with van der Waals surface area (Å²) in [6, 6.07) is 11.3. The zero-order valence-electron chi connectivity index (χ0n) is 11.6. The van der Waals surface area contributed by atoms with Gasteiger partial charge in [0.05, 0.1) is 0 Å². The summed E-state index contributed by atoms with van der Waals surface area (Å²) in [5, 5.41) is 3.50. The number of benzene rings is 1. The number of fused-ring (bicyclic) bond motifs is 1. The number of nitrogens with zero attached hydrogens (tertiary/aromatic N) is 1. The van der Waals surface area contributed by atoms with Crippen molar-refractivity contribution in [1.29, 1.82) is 0 Å². The van der Waals surface area contributed by atoms with E-state index < -0.39 is 0 Å². The molecule has 0 aliphatic heterocycles. The van der Waals surface area contributed by atoms with Gasteiger partial charge in [-0.05, 0) is 55.1 Å². The van der Waals surface area contributed by atoms with Crippen molar-refractivity contribution in [2.24, 2.45) is 0 Å². The highest BCUT2D eigenvalue weighted by Gasteiger charge is 2.30. The second kappa shape index (κ2) is 5.14. The molecular formula is C17H20N2. The minimum Gasteiger partial charge on any atom is -0.312 e. The van der Waals surface area contributed by atoms with Crippen LogP contribution in [0.5, 0.6) is 0 Å². The standard InChI is InChI=1S/C17H20N2/c1-12-9-10-19-11-16(12)17(18-2)15-8-7-13-5-3-4-6-14(13)15/h3-6,9-11,15,17-18H,7-8H2,1-2H3. The molecule has 19 heavy (non-hydrogen) atoms. The number of pyridine rings is 1. The molecule has 0 radical (unpaired) electrons. The number of aromatic nitrogens is 1. The van der Waals surface area contributed by atoms with Crippen molar-refractivity contribution >= 4 is 0 Å². The van der Waals surface area contributed by atoms with Gasteiger partial charge in [-0.3, -0.25) is 4.98 Å². The average Bonchev–Trinajstić information content (AvgIpc) is 2.86. The van der Waals surface area contributed by atoms with Crippen molar-refractivity contribution in [3.8, 4) is 0 Å². The van der Waals surface area contributed by atoms with Crippen LogP contribution in [-0.4, -0.2) is 12.0 Å². The normalized spacial score (nSPS) is 19.2. The Bertz CT molecular complexity index is 577. The number of likely N-dealkylation sites (N-methyl/N-ethyl adjacent to an activating group) is 1. The fourth-order valence-corrected chi connectivity index (χ4v) is 3.31. The van der Waals surface area contributed by atoms with Gasteiger partial charge in [0.2, 0.25) is 0 Å². The van der Waals surface area contributed by atoms with Gasteiger partial charge in [-0.2, -0.15) is 0 Å². The summed E-state index contributed by atoms with van der Waals surface area (Å²) in [5.41, 5.74) is 5.66. The molecule has 2 atom stereocenters. The Balaban J connectivity index is 1.99. The first-order valence-corrected chi connectivity index (χ1v) is 6.97. The van der Waals surface area contributed by atoms with E-state index in [-0.39, 0.29) is 0 Å². The van der Waals surface area contributed by atoms with Crippen LogP contribution in [0.15, 0.2) is 42.7 Å². The highest BCUT2D eigenvalue weighted by molar-refractivity contribution is 5.39. The molecule has 2 heteroatoms. The Labute approximate surface area is 114 Å². The molecule has 1 aliphatic rings. The summed E-state index contributed by atoms with van der Waals surface area (Å²) in [4.78, 5) is 4.30. The molecule has 0 spiro atoms. The number of aryl methyl sites for hydroxylation is 2. The predicted octanol–water partition coefficient (Wildman–Crippen LogP) is 3.38. The van der Waals surface area contributed by atoms with Crippen LogP contribution in [0.4, 0.5) is 0 Å². The number of rotatable bonds is 3. The van der Waals surface area contributed by atoms with E-state index in [9.17, 15) is 0 Å². The van der Waals surface area contributed by atoms with Gasteiger partial charge in [-0.25, -0.2) is 0 Å². The van der Waals surface area contributed by atoms with Gasteiger partial charge in [0, 0.05) is 24.4 Å². The van der Waals surface area contributed by atoms with Crippen LogP contribution in [0.1, 0.15) is 40.6 Å². The molecule has 1 aromatic heterocycles. The maximum atomic E-state index is 4.30. The van der Waals surface area contributed by atoms with E-state index in [1.165, 1.54) is 35.1 Å². The average molecular weight is 252 g/mol. The van der Waals surface area contributed by atoms with Crippen LogP contribution in [0.2, 0.25) is 0 Å². The summed E-state index contributed by atoms with van der Waals surface area (Å²) in [5.74, 6) is 0.559. The molecule has 1 heterocycles. The van der Waals surface area contributed by atoms with Gasteiger partial charge in [0.1, 0.15) is 0 Å². The fourth-order valence-electron chi connectivity index (χ4n) is 3.31. The molecule has 2 nitrogen and oxygen atoms in total. The van der Waals surface area contributed by atoms with Crippen LogP contribution in [0.25, 0.3) is 0 Å². The predicted molar refractivity (Wildman–Crippen MR) is 78.3 cm³/mol. The van der Waals surface area contributed by atoms with E-state index in [0.717, 1.165) is 0 Å². The highest BCUT2D eigenvalue weighted by Crippen LogP contribution is 2.41. The van der Waals surface area contributed by atoms with Crippen molar-refractivity contribution < 1.29 is 0 Å². The van der Waals surface area contributed by atoms with Gasteiger partial charge >= 0.3 is 0 Å². The number of hydrogen-bond acceptors (Lipinski definition) is 2. The Morgan fingerprint density at radius 3 is 2.89 bits per heavy atom. The minimum absolute atomic E-state index is 0.359. The van der Waals surface area contributed by atoms with E-state index in [1.54, 1.807) is 0 Å². The molecule has 98 valence electrons. The maximum Gasteiger partial charge on any atom is 0.0405 e.